The van der Waals surface area contributed by atoms with Crippen LogP contribution in [0.25, 0.3) is 0 Å². The summed E-state index contributed by atoms with van der Waals surface area (Å²) in [4.78, 5) is 13.1. The third-order valence-corrected chi connectivity index (χ3v) is 4.38. The van der Waals surface area contributed by atoms with Crippen molar-refractivity contribution in [3.63, 3.8) is 0 Å². The zero-order valence-corrected chi connectivity index (χ0v) is 13.6. The highest BCUT2D eigenvalue weighted by atomic mass is 32.1. The lowest BCUT2D eigenvalue weighted by Gasteiger charge is -2.22. The molecule has 1 atom stereocenters. The number of carbonyl (C=O) groups excluding carboxylic acids is 1. The van der Waals surface area contributed by atoms with Crippen LogP contribution in [0.3, 0.4) is 0 Å². The van der Waals surface area contributed by atoms with Crippen molar-refractivity contribution in [2.75, 3.05) is 20.8 Å². The van der Waals surface area contributed by atoms with Crippen LogP contribution in [-0.4, -0.2) is 31.8 Å². The molecule has 6 heteroatoms. The summed E-state index contributed by atoms with van der Waals surface area (Å²) in [7, 11) is 3.05. The molecule has 0 saturated carbocycles. The standard InChI is InChI=1S/C16H19NO4S/c1-16(19,14-5-4-6-22-14)10-17-15(18)11-7-12(20-2)9-13(8-11)21-3/h4-9,19H,10H2,1-3H3,(H,17,18). The van der Waals surface area contributed by atoms with E-state index in [1.165, 1.54) is 25.6 Å². The lowest BCUT2D eigenvalue weighted by Crippen LogP contribution is -2.38. The van der Waals surface area contributed by atoms with Crippen molar-refractivity contribution in [1.82, 2.24) is 5.32 Å². The van der Waals surface area contributed by atoms with Crippen molar-refractivity contribution in [2.24, 2.45) is 0 Å². The van der Waals surface area contributed by atoms with E-state index in [0.717, 1.165) is 4.88 Å². The largest absolute Gasteiger partial charge is 0.497 e. The molecular formula is C16H19NO4S. The van der Waals surface area contributed by atoms with Gasteiger partial charge in [0.2, 0.25) is 0 Å². The minimum atomic E-state index is -1.10. The van der Waals surface area contributed by atoms with Gasteiger partial charge >= 0.3 is 0 Å². The highest BCUT2D eigenvalue weighted by molar-refractivity contribution is 7.10. The Labute approximate surface area is 133 Å². The van der Waals surface area contributed by atoms with Crippen LogP contribution in [0.5, 0.6) is 11.5 Å². The van der Waals surface area contributed by atoms with Gasteiger partial charge in [-0.2, -0.15) is 0 Å². The van der Waals surface area contributed by atoms with Gasteiger partial charge in [0.1, 0.15) is 17.1 Å². The maximum atomic E-state index is 12.3. The van der Waals surface area contributed by atoms with Gasteiger partial charge in [0.25, 0.3) is 5.91 Å². The Hall–Kier alpha value is -2.05. The first kappa shape index (κ1) is 16.3. The van der Waals surface area contributed by atoms with E-state index in [-0.39, 0.29) is 12.5 Å². The lowest BCUT2D eigenvalue weighted by molar-refractivity contribution is 0.0556. The summed E-state index contributed by atoms with van der Waals surface area (Å²) in [6.45, 7) is 1.79. The molecule has 2 aromatic rings. The van der Waals surface area contributed by atoms with Crippen LogP contribution >= 0.6 is 11.3 Å². The molecule has 2 rings (SSSR count). The molecule has 0 saturated heterocycles. The van der Waals surface area contributed by atoms with Crippen molar-refractivity contribution in [3.8, 4) is 11.5 Å². The topological polar surface area (TPSA) is 67.8 Å². The minimum absolute atomic E-state index is 0.117. The quantitative estimate of drug-likeness (QED) is 0.857. The minimum Gasteiger partial charge on any atom is -0.497 e. The molecule has 1 aromatic carbocycles. The van der Waals surface area contributed by atoms with Crippen LogP contribution in [0.15, 0.2) is 35.7 Å². The molecule has 0 radical (unpaired) electrons. The second-order valence-electron chi connectivity index (χ2n) is 5.04. The van der Waals surface area contributed by atoms with Crippen molar-refractivity contribution >= 4 is 17.2 Å². The Kier molecular flexibility index (Phi) is 5.05. The third-order valence-electron chi connectivity index (χ3n) is 3.26. The van der Waals surface area contributed by atoms with Crippen LogP contribution in [0.4, 0.5) is 0 Å². The summed E-state index contributed by atoms with van der Waals surface area (Å²) in [5, 5.41) is 15.0. The van der Waals surface area contributed by atoms with E-state index >= 15 is 0 Å². The molecule has 1 aromatic heterocycles. The fourth-order valence-electron chi connectivity index (χ4n) is 1.97. The molecule has 0 aliphatic rings. The predicted octanol–water partition coefficient (Wildman–Crippen LogP) is 2.40. The Morgan fingerprint density at radius 1 is 1.27 bits per heavy atom. The third kappa shape index (κ3) is 3.78. The number of nitrogens with one attached hydrogen (secondary N) is 1. The predicted molar refractivity (Wildman–Crippen MR) is 85.8 cm³/mol. The second-order valence-corrected chi connectivity index (χ2v) is 5.98. The van der Waals surface area contributed by atoms with Gasteiger partial charge in [0.15, 0.2) is 0 Å². The second kappa shape index (κ2) is 6.81. The van der Waals surface area contributed by atoms with Crippen LogP contribution in [0.1, 0.15) is 22.2 Å². The number of aliphatic hydroxyl groups is 1. The van der Waals surface area contributed by atoms with E-state index < -0.39 is 5.60 Å². The molecule has 22 heavy (non-hydrogen) atoms. The van der Waals surface area contributed by atoms with Gasteiger partial charge in [-0.3, -0.25) is 4.79 Å². The van der Waals surface area contributed by atoms with Crippen molar-refractivity contribution in [3.05, 3.63) is 46.2 Å². The van der Waals surface area contributed by atoms with Crippen LogP contribution in [0.2, 0.25) is 0 Å². The van der Waals surface area contributed by atoms with Crippen molar-refractivity contribution in [2.45, 2.75) is 12.5 Å². The Morgan fingerprint density at radius 3 is 2.41 bits per heavy atom. The fourth-order valence-corrected chi connectivity index (χ4v) is 2.75. The van der Waals surface area contributed by atoms with Gasteiger partial charge in [-0.15, -0.1) is 11.3 Å². The van der Waals surface area contributed by atoms with E-state index in [0.29, 0.717) is 17.1 Å². The first-order valence-corrected chi connectivity index (χ1v) is 7.62. The highest BCUT2D eigenvalue weighted by Gasteiger charge is 2.25. The average Bonchev–Trinajstić information content (AvgIpc) is 3.07. The molecule has 0 fully saturated rings. The number of benzene rings is 1. The zero-order chi connectivity index (χ0) is 16.2. The first-order valence-electron chi connectivity index (χ1n) is 6.74. The Morgan fingerprint density at radius 2 is 1.91 bits per heavy atom. The van der Waals surface area contributed by atoms with Crippen LogP contribution in [0, 0.1) is 0 Å². The molecule has 0 aliphatic heterocycles. The monoisotopic (exact) mass is 321 g/mol. The van der Waals surface area contributed by atoms with Crippen LogP contribution in [-0.2, 0) is 5.60 Å². The summed E-state index contributed by atoms with van der Waals surface area (Å²) < 4.78 is 10.3. The molecule has 1 amide bonds. The average molecular weight is 321 g/mol. The maximum Gasteiger partial charge on any atom is 0.251 e. The maximum absolute atomic E-state index is 12.3. The van der Waals surface area contributed by atoms with Gasteiger partial charge in [-0.05, 0) is 30.5 Å². The van der Waals surface area contributed by atoms with Gasteiger partial charge in [-0.1, -0.05) is 6.07 Å². The molecule has 118 valence electrons. The van der Waals surface area contributed by atoms with E-state index in [2.05, 4.69) is 5.32 Å². The molecule has 5 nitrogen and oxygen atoms in total. The number of rotatable bonds is 6. The lowest BCUT2D eigenvalue weighted by atomic mass is 10.0. The number of hydrogen-bond donors (Lipinski definition) is 2. The van der Waals surface area contributed by atoms with E-state index in [9.17, 15) is 9.90 Å². The summed E-state index contributed by atoms with van der Waals surface area (Å²) in [5.41, 5.74) is -0.689. The molecule has 1 heterocycles. The Bertz CT molecular complexity index is 615. The molecule has 0 aliphatic carbocycles. The van der Waals surface area contributed by atoms with E-state index in [1.807, 2.05) is 17.5 Å². The SMILES string of the molecule is COc1cc(OC)cc(C(=O)NCC(C)(O)c2cccs2)c1. The van der Waals surface area contributed by atoms with Crippen molar-refractivity contribution < 1.29 is 19.4 Å². The van der Waals surface area contributed by atoms with Gasteiger partial charge < -0.3 is 19.9 Å². The normalized spacial score (nSPS) is 13.3. The van der Waals surface area contributed by atoms with E-state index in [4.69, 9.17) is 9.47 Å². The zero-order valence-electron chi connectivity index (χ0n) is 12.8. The molecule has 0 bridgehead atoms. The van der Waals surface area contributed by atoms with Gasteiger partial charge in [0, 0.05) is 16.5 Å². The summed E-state index contributed by atoms with van der Waals surface area (Å²) >= 11 is 1.45. The molecule has 0 spiro atoms. The smallest absolute Gasteiger partial charge is 0.251 e. The number of amides is 1. The van der Waals surface area contributed by atoms with Gasteiger partial charge in [0.05, 0.1) is 20.8 Å². The molecule has 2 N–H and O–H groups in total. The van der Waals surface area contributed by atoms with Gasteiger partial charge in [-0.25, -0.2) is 0 Å². The fraction of sp³-hybridized carbons (Fsp3) is 0.312. The van der Waals surface area contributed by atoms with Crippen LogP contribution < -0.4 is 14.8 Å². The summed E-state index contributed by atoms with van der Waals surface area (Å²) in [5.74, 6) is 0.776. The summed E-state index contributed by atoms with van der Waals surface area (Å²) in [6.07, 6.45) is 0. The van der Waals surface area contributed by atoms with Crippen molar-refractivity contribution in [1.29, 1.82) is 0 Å². The highest BCUT2D eigenvalue weighted by Crippen LogP contribution is 2.25. The first-order chi connectivity index (χ1) is 10.5. The number of ether oxygens (including phenoxy) is 2. The Balaban J connectivity index is 2.09. The van der Waals surface area contributed by atoms with E-state index in [1.54, 1.807) is 25.1 Å². The number of thiophene rings is 1. The molecular weight excluding hydrogens is 302 g/mol. The number of hydrogen-bond acceptors (Lipinski definition) is 5. The summed E-state index contributed by atoms with van der Waals surface area (Å²) in [6, 6.07) is 8.64. The molecule has 1 unspecified atom stereocenters. The number of carbonyl (C=O) groups is 1. The number of methoxy groups -OCH3 is 2.